The Morgan fingerprint density at radius 2 is 2.06 bits per heavy atom. The number of nitrogens with zero attached hydrogens (tertiary/aromatic N) is 4. The number of nitrogens with one attached hydrogen (secondary N) is 1. The van der Waals surface area contributed by atoms with Crippen LogP contribution in [0.3, 0.4) is 0 Å². The van der Waals surface area contributed by atoms with E-state index < -0.39 is 19.8 Å². The molecule has 0 bridgehead atoms. The van der Waals surface area contributed by atoms with Crippen molar-refractivity contribution in [2.24, 2.45) is 5.92 Å². The molecule has 1 fully saturated rings. The summed E-state index contributed by atoms with van der Waals surface area (Å²) in [5.74, 6) is -0.592. The van der Waals surface area contributed by atoms with Crippen molar-refractivity contribution in [1.29, 1.82) is 0 Å². The summed E-state index contributed by atoms with van der Waals surface area (Å²) in [5.41, 5.74) is 6.36. The summed E-state index contributed by atoms with van der Waals surface area (Å²) in [5, 5.41) is 13.0. The van der Waals surface area contributed by atoms with Crippen molar-refractivity contribution < 1.29 is 28.3 Å². The molecule has 1 aliphatic rings. The van der Waals surface area contributed by atoms with Crippen molar-refractivity contribution >= 4 is 42.4 Å². The van der Waals surface area contributed by atoms with Crippen LogP contribution in [0.15, 0.2) is 30.6 Å². The molecule has 1 aromatic carbocycles. The van der Waals surface area contributed by atoms with Gasteiger partial charge in [0.25, 0.3) is 0 Å². The third-order valence-electron chi connectivity index (χ3n) is 5.45. The molecule has 0 aliphatic heterocycles. The number of fused-ring (bicyclic) bond motifs is 1. The van der Waals surface area contributed by atoms with Crippen molar-refractivity contribution in [3.05, 3.63) is 35.6 Å². The summed E-state index contributed by atoms with van der Waals surface area (Å²) in [4.78, 5) is 23.9. The second-order valence-corrected chi connectivity index (χ2v) is 10.1. The van der Waals surface area contributed by atoms with E-state index in [-0.39, 0.29) is 41.7 Å². The molecule has 1 unspecified atom stereocenters. The summed E-state index contributed by atoms with van der Waals surface area (Å²) in [6, 6.07) is 5.40. The average Bonchev–Trinajstić information content (AvgIpc) is 3.17. The summed E-state index contributed by atoms with van der Waals surface area (Å²) < 4.78 is 31.3. The monoisotopic (exact) mass is 510 g/mol. The Kier molecular flexibility index (Phi) is 6.94. The van der Waals surface area contributed by atoms with Gasteiger partial charge in [-0.1, -0.05) is 11.6 Å². The van der Waals surface area contributed by atoms with Gasteiger partial charge in [0, 0.05) is 11.1 Å². The van der Waals surface area contributed by atoms with E-state index in [0.717, 1.165) is 0 Å². The summed E-state index contributed by atoms with van der Waals surface area (Å²) in [6.45, 7) is 1.62. The Labute approximate surface area is 200 Å². The Hall–Kier alpha value is -2.92. The van der Waals surface area contributed by atoms with Gasteiger partial charge < -0.3 is 24.7 Å². The summed E-state index contributed by atoms with van der Waals surface area (Å²) in [7, 11) is -2.69. The lowest BCUT2D eigenvalue weighted by Gasteiger charge is -2.36. The Morgan fingerprint density at radius 1 is 1.35 bits per heavy atom. The second kappa shape index (κ2) is 9.75. The minimum Gasteiger partial charge on any atom is -0.492 e. The fraction of sp³-hybridized carbons (Fsp3) is 0.400. The zero-order valence-electron chi connectivity index (χ0n) is 18.4. The van der Waals surface area contributed by atoms with Crippen LogP contribution in [0.4, 0.5) is 5.95 Å². The number of halogens is 1. The van der Waals surface area contributed by atoms with Crippen molar-refractivity contribution in [2.75, 3.05) is 19.5 Å². The van der Waals surface area contributed by atoms with Gasteiger partial charge in [-0.05, 0) is 49.9 Å². The molecule has 34 heavy (non-hydrogen) atoms. The smallest absolute Gasteiger partial charge is 0.459 e. The van der Waals surface area contributed by atoms with Crippen LogP contribution in [0.5, 0.6) is 11.6 Å². The van der Waals surface area contributed by atoms with Crippen LogP contribution in [-0.4, -0.2) is 50.4 Å². The number of nitrogen functional groups attached to an aromatic ring is 1. The van der Waals surface area contributed by atoms with Crippen molar-refractivity contribution in [1.82, 2.24) is 24.6 Å². The van der Waals surface area contributed by atoms with E-state index >= 15 is 0 Å². The highest BCUT2D eigenvalue weighted by atomic mass is 35.5. The molecule has 12 nitrogen and oxygen atoms in total. The summed E-state index contributed by atoms with van der Waals surface area (Å²) in [6.07, 6.45) is 2.95. The third-order valence-corrected chi connectivity index (χ3v) is 7.35. The van der Waals surface area contributed by atoms with Crippen LogP contribution in [0.2, 0.25) is 5.02 Å². The predicted octanol–water partition coefficient (Wildman–Crippen LogP) is 3.07. The molecular formula is C20H24ClN6O6P. The molecule has 182 valence electrons. The van der Waals surface area contributed by atoms with Crippen molar-refractivity contribution in [2.45, 2.75) is 31.8 Å². The molecule has 14 heteroatoms. The van der Waals surface area contributed by atoms with Gasteiger partial charge in [-0.15, -0.1) is 0 Å². The topological polar surface area (TPSA) is 164 Å². The van der Waals surface area contributed by atoms with Crippen molar-refractivity contribution in [3.8, 4) is 11.6 Å². The molecule has 2 aromatic heterocycles. The number of methoxy groups -OCH3 is 1. The van der Waals surface area contributed by atoms with Crippen LogP contribution < -0.4 is 15.3 Å². The van der Waals surface area contributed by atoms with Gasteiger partial charge in [0.15, 0.2) is 11.2 Å². The van der Waals surface area contributed by atoms with Gasteiger partial charge in [-0.25, -0.2) is 9.55 Å². The van der Waals surface area contributed by atoms with E-state index in [0.29, 0.717) is 23.5 Å². The number of hydrogen-bond acceptors (Lipinski definition) is 10. The largest absolute Gasteiger partial charge is 0.492 e. The molecule has 2 heterocycles. The van der Waals surface area contributed by atoms with Crippen LogP contribution in [0.25, 0.3) is 11.2 Å². The molecule has 1 aliphatic carbocycles. The number of ether oxygens (including phenoxy) is 1. The van der Waals surface area contributed by atoms with Gasteiger partial charge in [-0.3, -0.25) is 9.32 Å². The van der Waals surface area contributed by atoms with Gasteiger partial charge >= 0.3 is 13.7 Å². The maximum atomic E-state index is 13.4. The number of imidazole rings is 1. The minimum atomic E-state index is -3.93. The Balaban J connectivity index is 1.41. The highest BCUT2D eigenvalue weighted by Gasteiger charge is 2.37. The lowest BCUT2D eigenvalue weighted by molar-refractivity contribution is -0.142. The number of carbonyl (C=O) groups excluding carboxylic acids is 1. The number of carbonyl (C=O) groups is 1. The first-order valence-electron chi connectivity index (χ1n) is 10.4. The number of aromatic nitrogens is 4. The van der Waals surface area contributed by atoms with Gasteiger partial charge in [-0.2, -0.15) is 15.1 Å². The second-order valence-electron chi connectivity index (χ2n) is 7.93. The SMILES string of the molecule is COC(=O)[C@H](C)NP(=O)(OC[C@H]1C[C@@H](n2cnc3c(O)nc(N)nc32)C1)Oc1ccc(Cl)cc1. The van der Waals surface area contributed by atoms with Crippen LogP contribution in [-0.2, 0) is 18.6 Å². The molecule has 0 spiro atoms. The molecule has 0 saturated heterocycles. The van der Waals surface area contributed by atoms with Crippen LogP contribution in [0.1, 0.15) is 25.8 Å². The average molecular weight is 511 g/mol. The zero-order chi connectivity index (χ0) is 24.5. The Morgan fingerprint density at radius 3 is 2.74 bits per heavy atom. The number of nitrogens with two attached hydrogens (primary N) is 1. The first kappa shape index (κ1) is 24.2. The van der Waals surface area contributed by atoms with E-state index in [9.17, 15) is 14.5 Å². The lowest BCUT2D eigenvalue weighted by atomic mass is 9.81. The summed E-state index contributed by atoms with van der Waals surface area (Å²) >= 11 is 5.90. The quantitative estimate of drug-likeness (QED) is 0.286. The van der Waals surface area contributed by atoms with E-state index in [1.807, 2.05) is 4.57 Å². The predicted molar refractivity (Wildman–Crippen MR) is 123 cm³/mol. The van der Waals surface area contributed by atoms with Gasteiger partial charge in [0.05, 0.1) is 20.0 Å². The number of aromatic hydroxyl groups is 1. The molecule has 2 atom stereocenters. The van der Waals surface area contributed by atoms with E-state index in [4.69, 9.17) is 31.1 Å². The zero-order valence-corrected chi connectivity index (χ0v) is 20.1. The Bertz CT molecular complexity index is 1230. The van der Waals surface area contributed by atoms with Gasteiger partial charge in [0.2, 0.25) is 11.8 Å². The number of rotatable bonds is 9. The first-order valence-corrected chi connectivity index (χ1v) is 12.3. The molecule has 4 N–H and O–H groups in total. The number of benzene rings is 1. The lowest BCUT2D eigenvalue weighted by Crippen LogP contribution is -2.36. The normalized spacial score (nSPS) is 20.3. The standard InChI is InChI=1S/C20H24ClN6O6P/c1-11(19(29)31-2)26-34(30,33-15-5-3-13(21)4-6-15)32-9-12-7-14(8-12)27-10-23-16-17(27)24-20(22)25-18(16)28/h3-6,10-12,14H,7-9H2,1-2H3,(H,26,30)(H3,22,24,25,28)/t11-,12-,14+,34?/m0/s1. The van der Waals surface area contributed by atoms with Gasteiger partial charge in [0.1, 0.15) is 11.8 Å². The molecule has 0 amide bonds. The molecule has 3 aromatic rings. The maximum absolute atomic E-state index is 13.4. The number of anilines is 1. The van der Waals surface area contributed by atoms with E-state index in [2.05, 4.69) is 20.0 Å². The molecule has 4 rings (SSSR count). The van der Waals surface area contributed by atoms with Crippen molar-refractivity contribution in [3.63, 3.8) is 0 Å². The molecule has 1 saturated carbocycles. The van der Waals surface area contributed by atoms with E-state index in [1.165, 1.54) is 14.0 Å². The fourth-order valence-electron chi connectivity index (χ4n) is 3.64. The first-order chi connectivity index (χ1) is 16.2. The van der Waals surface area contributed by atoms with Crippen LogP contribution in [0, 0.1) is 5.92 Å². The minimum absolute atomic E-state index is 0.0444. The van der Waals surface area contributed by atoms with Crippen LogP contribution >= 0.6 is 19.3 Å². The highest BCUT2D eigenvalue weighted by Crippen LogP contribution is 2.48. The highest BCUT2D eigenvalue weighted by molar-refractivity contribution is 7.52. The van der Waals surface area contributed by atoms with E-state index in [1.54, 1.807) is 30.6 Å². The fourth-order valence-corrected chi connectivity index (χ4v) is 5.34. The molecular weight excluding hydrogens is 487 g/mol. The molecule has 0 radical (unpaired) electrons. The number of hydrogen-bond donors (Lipinski definition) is 3. The number of esters is 1. The maximum Gasteiger partial charge on any atom is 0.459 e. The third kappa shape index (κ3) is 5.25.